The van der Waals surface area contributed by atoms with E-state index >= 15 is 0 Å². The van der Waals surface area contributed by atoms with Crippen LogP contribution in [0.4, 0.5) is 23.3 Å². The number of carbonyl (C=O) groups is 2. The maximum atomic E-state index is 11.6. The third kappa shape index (κ3) is 19.7. The van der Waals surface area contributed by atoms with Gasteiger partial charge in [-0.05, 0) is 190 Å². The number of aldehydes is 1. The second-order valence-corrected chi connectivity index (χ2v) is 33.1. The maximum Gasteiger partial charge on any atom is 0.336 e. The van der Waals surface area contributed by atoms with Gasteiger partial charge in [-0.25, -0.2) is 64.6 Å². The third-order valence-electron chi connectivity index (χ3n) is 23.7. The number of nitrogens with one attached hydrogen (secondary N) is 4. The van der Waals surface area contributed by atoms with Gasteiger partial charge in [0.15, 0.2) is 52.1 Å². The van der Waals surface area contributed by atoms with Crippen LogP contribution in [0.1, 0.15) is 146 Å². The predicted octanol–water partition coefficient (Wildman–Crippen LogP) is 20.5. The van der Waals surface area contributed by atoms with Gasteiger partial charge in [0.1, 0.15) is 70.4 Å². The fourth-order valence-corrected chi connectivity index (χ4v) is 17.0. The molecule has 682 valence electrons. The summed E-state index contributed by atoms with van der Waals surface area (Å²) in [5, 5.41) is 31.7. The quantitative estimate of drug-likeness (QED) is 0.0299. The Balaban J connectivity index is 0.000000126. The van der Waals surface area contributed by atoms with Crippen molar-refractivity contribution in [2.45, 2.75) is 106 Å². The zero-order valence-corrected chi connectivity index (χ0v) is 77.6. The average Bonchev–Trinajstić information content (AvgIpc) is 1.10. The number of carboxylic acids is 1. The Morgan fingerprint density at radius 2 is 0.640 bits per heavy atom. The SMILES string of the molecule is C=Cc1cccc2cc([C@H](C)Nc3ncnc4c3ncn4Cc3ccc(OC)cc3)nc(C)c12.COc1ccc(Cn2cnc3c(N[C@@H](C)c4cc5cccc(C(=O)O)c5c(C)n4)ncnc32)cc1.COc1ccc(Cn2cnc3c(N[C@@H](C)c4cc5cccc(C=O)c5c(C)n4)ncnc32)cc1.COc1ccc(Cn2cnc3c(N[C@@H](C)c4cc5cccc(Cl)c5c(C)n4)ncnc32)cc1. The summed E-state index contributed by atoms with van der Waals surface area (Å²) in [6.07, 6.45) is 16.1. The Kier molecular flexibility index (Phi) is 27.1. The molecule has 0 aliphatic carbocycles. The molecule has 20 rings (SSSR count). The third-order valence-corrected chi connectivity index (χ3v) is 24.0. The van der Waals surface area contributed by atoms with Gasteiger partial charge < -0.3 is 63.6 Å². The number of aromatic carboxylic acids is 1. The molecular weight excluding hydrogens is 1730 g/mol. The molecular formula is C104H97ClN24O7. The number of aryl methyl sites for hydroxylation is 4. The molecule has 0 amide bonds. The van der Waals surface area contributed by atoms with E-state index < -0.39 is 5.97 Å². The largest absolute Gasteiger partial charge is 0.497 e. The van der Waals surface area contributed by atoms with Gasteiger partial charge in [0, 0.05) is 49.9 Å². The van der Waals surface area contributed by atoms with Crippen molar-refractivity contribution in [2.75, 3.05) is 49.7 Å². The minimum atomic E-state index is -0.965. The molecule has 0 unspecified atom stereocenters. The summed E-state index contributed by atoms with van der Waals surface area (Å²) in [4.78, 5) is 96.1. The van der Waals surface area contributed by atoms with Crippen molar-refractivity contribution in [1.29, 1.82) is 0 Å². The summed E-state index contributed by atoms with van der Waals surface area (Å²) >= 11 is 6.38. The Hall–Kier alpha value is -16.8. The number of carboxylic acid groups (broad SMARTS) is 1. The fraction of sp³-hybridized carbons (Fsp3) is 0.192. The van der Waals surface area contributed by atoms with E-state index in [1.807, 2.05) is 218 Å². The number of ether oxygens (including phenoxy) is 4. The fourth-order valence-electron chi connectivity index (χ4n) is 16.7. The van der Waals surface area contributed by atoms with Crippen molar-refractivity contribution < 1.29 is 33.6 Å². The molecule has 0 saturated heterocycles. The normalized spacial score (nSPS) is 12.1. The number of aromatic nitrogens is 20. The Morgan fingerprint density at radius 3 is 0.941 bits per heavy atom. The van der Waals surface area contributed by atoms with Crippen LogP contribution in [0.5, 0.6) is 23.0 Å². The number of hydrogen-bond donors (Lipinski definition) is 5. The molecule has 0 fully saturated rings. The van der Waals surface area contributed by atoms with Gasteiger partial charge in [-0.2, -0.15) is 0 Å². The number of anilines is 4. The van der Waals surface area contributed by atoms with Crippen LogP contribution in [0.2, 0.25) is 5.02 Å². The van der Waals surface area contributed by atoms with Gasteiger partial charge in [-0.15, -0.1) is 0 Å². The molecule has 0 aliphatic heterocycles. The lowest BCUT2D eigenvalue weighted by Crippen LogP contribution is -2.12. The van der Waals surface area contributed by atoms with E-state index in [2.05, 4.69) is 132 Å². The van der Waals surface area contributed by atoms with Crippen LogP contribution in [-0.2, 0) is 26.2 Å². The first kappa shape index (κ1) is 91.1. The first-order valence-electron chi connectivity index (χ1n) is 43.9. The minimum absolute atomic E-state index is 0.0691. The zero-order chi connectivity index (χ0) is 94.8. The highest BCUT2D eigenvalue weighted by Crippen LogP contribution is 2.36. The van der Waals surface area contributed by atoms with Gasteiger partial charge in [0.05, 0.1) is 137 Å². The molecule has 32 heteroatoms. The summed E-state index contributed by atoms with van der Waals surface area (Å²) in [5.74, 6) is 4.94. The highest BCUT2D eigenvalue weighted by atomic mass is 35.5. The Labute approximate surface area is 787 Å². The van der Waals surface area contributed by atoms with E-state index in [1.165, 1.54) is 6.33 Å². The number of rotatable bonds is 27. The molecule has 20 aromatic rings. The number of nitrogens with zero attached hydrogens (tertiary/aromatic N) is 20. The van der Waals surface area contributed by atoms with Gasteiger partial charge in [0.25, 0.3) is 0 Å². The zero-order valence-electron chi connectivity index (χ0n) is 76.8. The van der Waals surface area contributed by atoms with E-state index in [-0.39, 0.29) is 29.7 Å². The molecule has 12 heterocycles. The number of methoxy groups -OCH3 is 4. The summed E-state index contributed by atoms with van der Waals surface area (Å²) in [5.41, 5.74) is 19.2. The molecule has 0 aliphatic rings. The Morgan fingerprint density at radius 1 is 0.368 bits per heavy atom. The van der Waals surface area contributed by atoms with Crippen LogP contribution >= 0.6 is 11.6 Å². The highest BCUT2D eigenvalue weighted by Gasteiger charge is 2.24. The van der Waals surface area contributed by atoms with Crippen molar-refractivity contribution >= 4 is 141 Å². The van der Waals surface area contributed by atoms with E-state index in [0.29, 0.717) is 82.2 Å². The van der Waals surface area contributed by atoms with Gasteiger partial charge in [-0.3, -0.25) is 24.7 Å². The maximum absolute atomic E-state index is 11.6. The molecule has 31 nitrogen and oxygen atoms in total. The van der Waals surface area contributed by atoms with Crippen LogP contribution in [0, 0.1) is 27.7 Å². The van der Waals surface area contributed by atoms with Crippen molar-refractivity contribution in [3.63, 3.8) is 0 Å². The minimum Gasteiger partial charge on any atom is -0.497 e. The van der Waals surface area contributed by atoms with E-state index in [4.69, 9.17) is 50.5 Å². The van der Waals surface area contributed by atoms with E-state index in [0.717, 1.165) is 168 Å². The van der Waals surface area contributed by atoms with Gasteiger partial charge in [-0.1, -0.05) is 133 Å². The first-order chi connectivity index (χ1) is 66.1. The number of carbonyl (C=O) groups excluding carboxylic acids is 1. The van der Waals surface area contributed by atoms with E-state index in [9.17, 15) is 14.7 Å². The lowest BCUT2D eigenvalue weighted by molar-refractivity contribution is 0.0698. The van der Waals surface area contributed by atoms with Crippen molar-refractivity contribution in [1.82, 2.24) is 98.0 Å². The average molecular weight is 1830 g/mol. The number of halogens is 1. The number of imidazole rings is 4. The molecule has 4 atom stereocenters. The molecule has 136 heavy (non-hydrogen) atoms. The number of hydrogen-bond acceptors (Lipinski definition) is 26. The van der Waals surface area contributed by atoms with E-state index in [1.54, 1.807) is 84.9 Å². The van der Waals surface area contributed by atoms with Gasteiger partial charge >= 0.3 is 5.97 Å². The molecule has 0 saturated carbocycles. The second-order valence-electron chi connectivity index (χ2n) is 32.7. The standard InChI is InChI=1S/C27H26N6O.C26H24N6O3.C26H24N6O2.C25H23ClN6O/c1-5-20-7-6-8-21-13-23(31-18(3)24(20)21)17(2)32-26-25-27(29-15-28-26)33(16-30-25)14-19-9-11-22(34-4)12-10-19;1-15(21-11-18-5-4-6-20(26(33)34)22(18)16(2)30-21)31-24-23-25(28-13-27-24)32(14-29-23)12-17-7-9-19(35-3)10-8-17;1-16(22-11-19-5-4-6-20(13-33)23(19)17(2)30-22)31-25-24-26(28-14-27-25)32(15-29-24)12-18-7-9-21(34-3)10-8-18;1-15(21-11-18-5-4-6-20(26)22(18)16(2)30-21)31-24-23-25(28-13-27-24)32(14-29-23)12-17-7-9-19(33-3)10-8-17/h5-13,15-17H,1,14H2,2-4H3,(H,28,29,32);4-11,13-15H,12H2,1-3H3,(H,33,34)(H,27,28,31);4-11,13-16H,12H2,1-3H3,(H,27,28,31);4-11,13-15H,12H2,1-3H3,(H,27,28,31)/t17-;15-;16-;15-/m0000/s1. The summed E-state index contributed by atoms with van der Waals surface area (Å²) in [7, 11) is 6.63. The highest BCUT2D eigenvalue weighted by molar-refractivity contribution is 6.35. The number of fused-ring (bicyclic) bond motifs is 8. The summed E-state index contributed by atoms with van der Waals surface area (Å²) < 4.78 is 29.0. The van der Waals surface area contributed by atoms with Crippen LogP contribution in [0.25, 0.3) is 93.8 Å². The molecule has 5 N–H and O–H groups in total. The van der Waals surface area contributed by atoms with Crippen molar-refractivity contribution in [3.8, 4) is 23.0 Å². The predicted molar refractivity (Wildman–Crippen MR) is 531 cm³/mol. The van der Waals surface area contributed by atoms with Gasteiger partial charge in [0.2, 0.25) is 0 Å². The van der Waals surface area contributed by atoms with Crippen LogP contribution in [0.15, 0.2) is 251 Å². The Bertz CT molecular complexity index is 7580. The summed E-state index contributed by atoms with van der Waals surface area (Å²) in [6, 6.07) is 62.4. The molecule has 8 aromatic carbocycles. The van der Waals surface area contributed by atoms with Crippen molar-refractivity contribution in [2.24, 2.45) is 0 Å². The molecule has 12 aromatic heterocycles. The van der Waals surface area contributed by atoms with Crippen molar-refractivity contribution in [3.05, 3.63) is 341 Å². The lowest BCUT2D eigenvalue weighted by Gasteiger charge is -2.16. The van der Waals surface area contributed by atoms with Crippen LogP contribution in [0.3, 0.4) is 0 Å². The molecule has 0 spiro atoms. The molecule has 0 radical (unpaired) electrons. The number of pyridine rings is 4. The number of benzene rings is 8. The van der Waals surface area contributed by atoms with Crippen LogP contribution in [-0.4, -0.2) is 144 Å². The molecule has 0 bridgehead atoms. The smallest absolute Gasteiger partial charge is 0.336 e. The second kappa shape index (κ2) is 40.5. The monoisotopic (exact) mass is 1830 g/mol. The lowest BCUT2D eigenvalue weighted by atomic mass is 10.0. The topological polar surface area (TPSA) is 365 Å². The van der Waals surface area contributed by atoms with Crippen LogP contribution < -0.4 is 40.2 Å². The first-order valence-corrected chi connectivity index (χ1v) is 44.3. The summed E-state index contributed by atoms with van der Waals surface area (Å²) in [6.45, 7) is 22.4.